The third kappa shape index (κ3) is 9.36. The molecule has 0 bridgehead atoms. The Morgan fingerprint density at radius 3 is 2.56 bits per heavy atom. The molecule has 9 nitrogen and oxygen atoms in total. The maximum Gasteiger partial charge on any atom is 0.310 e. The van der Waals surface area contributed by atoms with Crippen LogP contribution < -0.4 is 16.0 Å². The van der Waals surface area contributed by atoms with E-state index in [1.54, 1.807) is 69.4 Å². The van der Waals surface area contributed by atoms with Gasteiger partial charge in [-0.3, -0.25) is 19.3 Å². The molecular weight excluding hydrogens is 657 g/mol. The van der Waals surface area contributed by atoms with E-state index in [9.17, 15) is 19.5 Å². The van der Waals surface area contributed by atoms with Crippen LogP contribution in [0.4, 0.5) is 4.39 Å². The molecule has 2 atom stereocenters. The summed E-state index contributed by atoms with van der Waals surface area (Å²) in [7, 11) is 0. The van der Waals surface area contributed by atoms with Gasteiger partial charge in [-0.2, -0.15) is 0 Å². The standard InChI is InChI=1S/C39H43ClFN5O4/c1-26(13-14-33-32(40)12-9-18-42-33)44-36(49)35(48)43-23-27-10-5-6-11-31(27)34(47)45-39(16-17-39)29-20-28(21-30(41)22-29)38(4)15-7-8-19-46(25-38)24-37(2,3)50/h5-7,9-12,15,18,20-22,26,50H,8,16-17,19,23-25H2,1-4H3,(H,43,48)(H,44,49)(H,45,47)/t26-,38?/m0/s1. The molecule has 1 unspecified atom stereocenters. The number of hydrogen-bond donors (Lipinski definition) is 4. The highest BCUT2D eigenvalue weighted by molar-refractivity contribution is 6.35. The molecule has 1 saturated carbocycles. The molecule has 262 valence electrons. The Morgan fingerprint density at radius 1 is 1.10 bits per heavy atom. The van der Waals surface area contributed by atoms with Crippen molar-refractivity contribution in [3.05, 3.63) is 112 Å². The summed E-state index contributed by atoms with van der Waals surface area (Å²) in [4.78, 5) is 45.2. The number of pyridine rings is 1. The van der Waals surface area contributed by atoms with Crippen LogP contribution in [0.1, 0.15) is 79.7 Å². The van der Waals surface area contributed by atoms with Crippen LogP contribution in [0, 0.1) is 17.7 Å². The molecule has 0 saturated heterocycles. The number of nitrogens with one attached hydrogen (secondary N) is 3. The van der Waals surface area contributed by atoms with Gasteiger partial charge >= 0.3 is 11.8 Å². The smallest absolute Gasteiger partial charge is 0.310 e. The minimum Gasteiger partial charge on any atom is -0.389 e. The van der Waals surface area contributed by atoms with Gasteiger partial charge in [0.2, 0.25) is 0 Å². The van der Waals surface area contributed by atoms with E-state index in [0.29, 0.717) is 53.3 Å². The van der Waals surface area contributed by atoms with Crippen LogP contribution in [0.5, 0.6) is 0 Å². The van der Waals surface area contributed by atoms with E-state index in [2.05, 4.69) is 56.8 Å². The number of aromatic nitrogens is 1. The molecule has 50 heavy (non-hydrogen) atoms. The van der Waals surface area contributed by atoms with Crippen molar-refractivity contribution in [1.29, 1.82) is 0 Å². The van der Waals surface area contributed by atoms with Gasteiger partial charge in [0, 0.05) is 43.4 Å². The highest BCUT2D eigenvalue weighted by atomic mass is 35.5. The molecule has 2 aliphatic rings. The van der Waals surface area contributed by atoms with Gasteiger partial charge in [0.1, 0.15) is 11.5 Å². The van der Waals surface area contributed by atoms with Crippen LogP contribution >= 0.6 is 11.6 Å². The Bertz CT molecular complexity index is 1860. The highest BCUT2D eigenvalue weighted by Crippen LogP contribution is 2.47. The molecule has 1 aromatic heterocycles. The summed E-state index contributed by atoms with van der Waals surface area (Å²) in [5.41, 5.74) is 0.599. The zero-order chi connectivity index (χ0) is 36.1. The first-order valence-corrected chi connectivity index (χ1v) is 17.1. The van der Waals surface area contributed by atoms with Crippen LogP contribution in [0.25, 0.3) is 0 Å². The van der Waals surface area contributed by atoms with Gasteiger partial charge in [-0.15, -0.1) is 0 Å². The minimum atomic E-state index is -0.877. The fourth-order valence-electron chi connectivity index (χ4n) is 6.26. The molecule has 1 aliphatic heterocycles. The van der Waals surface area contributed by atoms with Crippen molar-refractivity contribution in [2.45, 2.75) is 76.1 Å². The molecule has 2 heterocycles. The third-order valence-electron chi connectivity index (χ3n) is 8.89. The number of hydrogen-bond acceptors (Lipinski definition) is 6. The second kappa shape index (κ2) is 15.1. The van der Waals surface area contributed by atoms with Gasteiger partial charge in [0.15, 0.2) is 0 Å². The average molecular weight is 700 g/mol. The molecule has 3 amide bonds. The number of carbonyl (C=O) groups is 3. The second-order valence-electron chi connectivity index (χ2n) is 14.0. The van der Waals surface area contributed by atoms with Crippen molar-refractivity contribution < 1.29 is 23.9 Å². The summed E-state index contributed by atoms with van der Waals surface area (Å²) in [6.45, 7) is 9.09. The third-order valence-corrected chi connectivity index (χ3v) is 9.20. The van der Waals surface area contributed by atoms with E-state index in [1.165, 1.54) is 6.07 Å². The highest BCUT2D eigenvalue weighted by Gasteiger charge is 2.47. The Hall–Kier alpha value is -4.56. The topological polar surface area (TPSA) is 124 Å². The number of aliphatic hydroxyl groups is 1. The van der Waals surface area contributed by atoms with Gasteiger partial charge in [-0.05, 0) is 93.0 Å². The van der Waals surface area contributed by atoms with Gasteiger partial charge in [-0.25, -0.2) is 9.37 Å². The van der Waals surface area contributed by atoms with Crippen molar-refractivity contribution in [2.24, 2.45) is 0 Å². The first-order valence-electron chi connectivity index (χ1n) is 16.7. The molecule has 0 radical (unpaired) electrons. The average Bonchev–Trinajstić information content (AvgIpc) is 3.87. The first kappa shape index (κ1) is 36.7. The Balaban J connectivity index is 1.25. The fourth-order valence-corrected chi connectivity index (χ4v) is 6.43. The summed E-state index contributed by atoms with van der Waals surface area (Å²) >= 11 is 6.07. The number of β-amino-alcohol motifs (C(OH)–C–C–N with tert-alkyl or cyclic N) is 1. The van der Waals surface area contributed by atoms with E-state index in [-0.39, 0.29) is 18.3 Å². The van der Waals surface area contributed by atoms with Crippen LogP contribution in [-0.4, -0.2) is 64.0 Å². The van der Waals surface area contributed by atoms with E-state index in [4.69, 9.17) is 11.6 Å². The zero-order valence-electron chi connectivity index (χ0n) is 28.8. The molecule has 2 aromatic carbocycles. The minimum absolute atomic E-state index is 0.0671. The molecule has 0 spiro atoms. The lowest BCUT2D eigenvalue weighted by atomic mass is 9.80. The monoisotopic (exact) mass is 699 g/mol. The van der Waals surface area contributed by atoms with E-state index < -0.39 is 34.4 Å². The number of carbonyl (C=O) groups excluding carboxylic acids is 3. The van der Waals surface area contributed by atoms with Gasteiger partial charge in [-0.1, -0.05) is 60.9 Å². The van der Waals surface area contributed by atoms with Crippen molar-refractivity contribution >= 4 is 29.3 Å². The number of benzene rings is 2. The van der Waals surface area contributed by atoms with Gasteiger partial charge < -0.3 is 21.1 Å². The molecule has 4 N–H and O–H groups in total. The largest absolute Gasteiger partial charge is 0.389 e. The normalized spacial score (nSPS) is 18.9. The van der Waals surface area contributed by atoms with Crippen molar-refractivity contribution in [3.8, 4) is 11.8 Å². The van der Waals surface area contributed by atoms with Crippen LogP contribution in [0.3, 0.4) is 0 Å². The summed E-state index contributed by atoms with van der Waals surface area (Å²) in [5, 5.41) is 19.1. The van der Waals surface area contributed by atoms with Crippen LogP contribution in [-0.2, 0) is 27.1 Å². The lowest BCUT2D eigenvalue weighted by molar-refractivity contribution is -0.139. The van der Waals surface area contributed by atoms with Crippen LogP contribution in [0.2, 0.25) is 5.02 Å². The lowest BCUT2D eigenvalue weighted by Crippen LogP contribution is -2.44. The summed E-state index contributed by atoms with van der Waals surface area (Å²) in [6.07, 6.45) is 7.90. The Morgan fingerprint density at radius 2 is 1.84 bits per heavy atom. The number of rotatable bonds is 9. The fraction of sp³-hybridized carbons (Fsp3) is 0.385. The Kier molecular flexibility index (Phi) is 11.1. The number of halogens is 2. The van der Waals surface area contributed by atoms with Gasteiger partial charge in [0.05, 0.1) is 22.2 Å². The zero-order valence-corrected chi connectivity index (χ0v) is 29.5. The molecule has 1 aliphatic carbocycles. The quantitative estimate of drug-likeness (QED) is 0.145. The van der Waals surface area contributed by atoms with Gasteiger partial charge in [0.25, 0.3) is 5.91 Å². The SMILES string of the molecule is C[C@@H](C#Cc1ncccc1Cl)NC(=O)C(=O)NCc1ccccc1C(=O)NC1(c2cc(F)cc(C3(C)C=CCCN(CC(C)(C)O)C3)c2)CC1. The molecular formula is C39H43ClFN5O4. The van der Waals surface area contributed by atoms with E-state index in [0.717, 1.165) is 18.5 Å². The molecule has 3 aromatic rings. The van der Waals surface area contributed by atoms with E-state index in [1.807, 2.05) is 6.07 Å². The predicted octanol–water partition coefficient (Wildman–Crippen LogP) is 4.76. The Labute approximate surface area is 297 Å². The van der Waals surface area contributed by atoms with Crippen molar-refractivity contribution in [1.82, 2.24) is 25.8 Å². The van der Waals surface area contributed by atoms with E-state index >= 15 is 4.39 Å². The lowest BCUT2D eigenvalue weighted by Gasteiger charge is -2.35. The van der Waals surface area contributed by atoms with Crippen molar-refractivity contribution in [2.75, 3.05) is 19.6 Å². The summed E-state index contributed by atoms with van der Waals surface area (Å²) in [6, 6.07) is 14.5. The number of nitrogens with zero attached hydrogens (tertiary/aromatic N) is 2. The van der Waals surface area contributed by atoms with Crippen LogP contribution in [0.15, 0.2) is 72.9 Å². The maximum absolute atomic E-state index is 15.3. The first-order chi connectivity index (χ1) is 23.7. The van der Waals surface area contributed by atoms with Crippen molar-refractivity contribution in [3.63, 3.8) is 0 Å². The predicted molar refractivity (Wildman–Crippen MR) is 191 cm³/mol. The molecule has 1 fully saturated rings. The molecule has 5 rings (SSSR count). The summed E-state index contributed by atoms with van der Waals surface area (Å²) in [5.74, 6) is 3.10. The second-order valence-corrected chi connectivity index (χ2v) is 14.4. The maximum atomic E-state index is 15.3. The number of amides is 3. The summed E-state index contributed by atoms with van der Waals surface area (Å²) < 4.78 is 15.3. The molecule has 11 heteroatoms.